The van der Waals surface area contributed by atoms with Crippen LogP contribution in [0.3, 0.4) is 0 Å². The summed E-state index contributed by atoms with van der Waals surface area (Å²) in [7, 11) is -1.80. The van der Waals surface area contributed by atoms with Crippen molar-refractivity contribution in [2.75, 3.05) is 0 Å². The summed E-state index contributed by atoms with van der Waals surface area (Å²) in [5.74, 6) is 0.887. The molecular weight excluding hydrogens is 843 g/mol. The van der Waals surface area contributed by atoms with Crippen LogP contribution < -0.4 is 5.19 Å². The quantitative estimate of drug-likeness (QED) is 0.123. The van der Waals surface area contributed by atoms with Crippen LogP contribution >= 0.6 is 0 Å². The molecule has 5 aromatic carbocycles. The number of rotatable bonds is 6. The van der Waals surface area contributed by atoms with Crippen LogP contribution in [0.1, 0.15) is 50.1 Å². The number of hydrogen-bond acceptors (Lipinski definition) is 3. The third kappa shape index (κ3) is 7.87. The first-order valence-corrected chi connectivity index (χ1v) is 21.7. The molecule has 0 spiro atoms. The summed E-state index contributed by atoms with van der Waals surface area (Å²) in [6, 6.07) is 43.8. The van der Waals surface area contributed by atoms with Crippen molar-refractivity contribution in [2.24, 2.45) is 5.92 Å². The number of hydrogen-bond donors (Lipinski definition) is 0. The molecule has 0 N–H and O–H groups in total. The van der Waals surface area contributed by atoms with Gasteiger partial charge in [-0.15, -0.1) is 53.1 Å². The van der Waals surface area contributed by atoms with Crippen molar-refractivity contribution >= 4 is 46.2 Å². The molecule has 0 aliphatic heterocycles. The fourth-order valence-corrected chi connectivity index (χ4v) is 8.61. The van der Waals surface area contributed by atoms with Gasteiger partial charge in [0, 0.05) is 38.8 Å². The number of fused-ring (bicyclic) bond motifs is 4. The molecule has 1 radical (unpaired) electrons. The number of para-hydroxylation sites is 4. The number of benzene rings is 5. The molecule has 0 bridgehead atoms. The molecule has 4 nitrogen and oxygen atoms in total. The van der Waals surface area contributed by atoms with Gasteiger partial charge in [0.2, 0.25) is 0 Å². The van der Waals surface area contributed by atoms with Crippen molar-refractivity contribution in [3.05, 3.63) is 145 Å². The first-order valence-electron chi connectivity index (χ1n) is 20.7. The minimum Gasteiger partial charge on any atom is -0.476 e. The zero-order chi connectivity index (χ0) is 40.0. The zero-order valence-corrected chi connectivity index (χ0v) is 33.6. The summed E-state index contributed by atoms with van der Waals surface area (Å²) in [4.78, 5) is 9.53. The molecular formula is C47H45IrN3OSi-2. The Morgan fingerprint density at radius 2 is 1.57 bits per heavy atom. The molecule has 269 valence electrons. The van der Waals surface area contributed by atoms with Gasteiger partial charge in [0.25, 0.3) is 0 Å². The Bertz CT molecular complexity index is 2680. The van der Waals surface area contributed by atoms with E-state index >= 15 is 0 Å². The number of nitrogens with zero attached hydrogens (tertiary/aromatic N) is 3. The number of imidazole rings is 1. The van der Waals surface area contributed by atoms with Gasteiger partial charge in [0.1, 0.15) is 5.58 Å². The van der Waals surface area contributed by atoms with Crippen molar-refractivity contribution in [1.29, 1.82) is 0 Å². The minimum absolute atomic E-state index is 0. The van der Waals surface area contributed by atoms with Crippen LogP contribution in [0.2, 0.25) is 19.6 Å². The first kappa shape index (κ1) is 30.8. The van der Waals surface area contributed by atoms with Gasteiger partial charge in [-0.25, -0.2) is 0 Å². The van der Waals surface area contributed by atoms with Gasteiger partial charge in [0.05, 0.1) is 30.5 Å². The van der Waals surface area contributed by atoms with E-state index in [0.717, 1.165) is 86.5 Å². The predicted molar refractivity (Wildman–Crippen MR) is 219 cm³/mol. The van der Waals surface area contributed by atoms with Gasteiger partial charge in [-0.05, 0) is 58.9 Å². The van der Waals surface area contributed by atoms with Crippen LogP contribution in [0.4, 0.5) is 0 Å². The molecule has 0 amide bonds. The van der Waals surface area contributed by atoms with E-state index < -0.39 is 21.3 Å². The van der Waals surface area contributed by atoms with E-state index in [-0.39, 0.29) is 31.6 Å². The standard InChI is InChI=1S/C25H15N2O.C22H30NSi.Ir/c1-2-8-18(9-3-1)27-22-12-6-5-11-21(22)26-25(27)17-14-15-20-19-10-4-7-13-23(19)28-24(20)16-17;1-17-10-12-19(13-11-17)21-15-20(14-18-8-6-5-7-9-18)22(16-23-21)24(2,3)4;/h1-13,15-16H;10-12,15-16,18H,5-9,14H2,1-4H3;/q2*-1;/i;1D3,14D2;. The van der Waals surface area contributed by atoms with Crippen LogP contribution in [0.15, 0.2) is 126 Å². The van der Waals surface area contributed by atoms with Crippen molar-refractivity contribution in [1.82, 2.24) is 14.5 Å². The van der Waals surface area contributed by atoms with Crippen LogP contribution in [0.5, 0.6) is 0 Å². The van der Waals surface area contributed by atoms with Crippen molar-refractivity contribution in [2.45, 2.75) is 65.0 Å². The molecule has 1 aliphatic carbocycles. The second-order valence-corrected chi connectivity index (χ2v) is 19.7. The van der Waals surface area contributed by atoms with Gasteiger partial charge in [-0.2, -0.15) is 0 Å². The monoisotopic (exact) mass is 893 g/mol. The van der Waals surface area contributed by atoms with Crippen molar-refractivity contribution < 1.29 is 31.4 Å². The Morgan fingerprint density at radius 3 is 2.34 bits per heavy atom. The number of furan rings is 1. The molecule has 53 heavy (non-hydrogen) atoms. The Hall–Kier alpha value is -4.61. The number of aromatic nitrogens is 3. The minimum atomic E-state index is -2.16. The molecule has 0 unspecified atom stereocenters. The maximum Gasteiger partial charge on any atom is 0.123 e. The third-order valence-electron chi connectivity index (χ3n) is 9.89. The maximum absolute atomic E-state index is 9.03. The molecule has 1 saturated carbocycles. The molecule has 9 rings (SSSR count). The smallest absolute Gasteiger partial charge is 0.123 e. The Labute approximate surface area is 334 Å². The predicted octanol–water partition coefficient (Wildman–Crippen LogP) is 11.9. The van der Waals surface area contributed by atoms with Gasteiger partial charge in [-0.1, -0.05) is 130 Å². The average Bonchev–Trinajstić information content (AvgIpc) is 3.79. The van der Waals surface area contributed by atoms with Crippen LogP contribution in [0, 0.1) is 24.9 Å². The Morgan fingerprint density at radius 1 is 0.811 bits per heavy atom. The molecule has 0 atom stereocenters. The van der Waals surface area contributed by atoms with Gasteiger partial charge >= 0.3 is 0 Å². The van der Waals surface area contributed by atoms with Gasteiger partial charge < -0.3 is 14.0 Å². The average molecular weight is 893 g/mol. The third-order valence-corrected chi connectivity index (χ3v) is 11.9. The van der Waals surface area contributed by atoms with E-state index in [1.807, 2.05) is 79.0 Å². The van der Waals surface area contributed by atoms with E-state index in [2.05, 4.69) is 65.6 Å². The summed E-state index contributed by atoms with van der Waals surface area (Å²) >= 11 is 0. The summed E-state index contributed by atoms with van der Waals surface area (Å²) in [5, 5.41) is 3.24. The van der Waals surface area contributed by atoms with Crippen molar-refractivity contribution in [3.63, 3.8) is 0 Å². The van der Waals surface area contributed by atoms with E-state index in [4.69, 9.17) is 16.3 Å². The van der Waals surface area contributed by atoms with E-state index in [1.165, 1.54) is 12.5 Å². The number of pyridine rings is 1. The molecule has 3 aromatic heterocycles. The number of aryl methyl sites for hydroxylation is 1. The second-order valence-electron chi connectivity index (χ2n) is 14.7. The summed E-state index contributed by atoms with van der Waals surface area (Å²) < 4.78 is 48.9. The molecule has 3 heterocycles. The largest absolute Gasteiger partial charge is 0.476 e. The zero-order valence-electron chi connectivity index (χ0n) is 35.2. The summed E-state index contributed by atoms with van der Waals surface area (Å²) in [5.41, 5.74) is 8.11. The summed E-state index contributed by atoms with van der Waals surface area (Å²) in [6.45, 7) is 4.51. The molecule has 1 aliphatic rings. The van der Waals surface area contributed by atoms with Gasteiger partial charge in [0.15, 0.2) is 0 Å². The fraction of sp³-hybridized carbons (Fsp3) is 0.234. The molecule has 8 aromatic rings. The Kier molecular flexibility index (Phi) is 9.17. The molecule has 0 saturated heterocycles. The summed E-state index contributed by atoms with van der Waals surface area (Å²) in [6.07, 6.45) is 5.68. The van der Waals surface area contributed by atoms with Crippen molar-refractivity contribution in [3.8, 4) is 28.3 Å². The van der Waals surface area contributed by atoms with Crippen LogP contribution in [-0.4, -0.2) is 22.6 Å². The van der Waals surface area contributed by atoms with E-state index in [1.54, 1.807) is 12.1 Å². The maximum atomic E-state index is 9.03. The van der Waals surface area contributed by atoms with E-state index in [0.29, 0.717) is 11.3 Å². The fourth-order valence-electron chi connectivity index (χ4n) is 7.21. The molecule has 6 heteroatoms. The molecule has 1 fully saturated rings. The van der Waals surface area contributed by atoms with E-state index in [9.17, 15) is 0 Å². The normalized spacial score (nSPS) is 15.4. The Balaban J connectivity index is 0.000000174. The van der Waals surface area contributed by atoms with Gasteiger partial charge in [-0.3, -0.25) is 4.98 Å². The van der Waals surface area contributed by atoms with Crippen LogP contribution in [-0.2, 0) is 26.5 Å². The topological polar surface area (TPSA) is 43.9 Å². The first-order chi connectivity index (χ1) is 27.3. The second kappa shape index (κ2) is 15.8. The SMILES string of the molecule is [2H]C([2H])([2H])c1c[c-]c(-c2cc(C([2H])([2H])C3CCCCC3)c([Si](C)(C)C)cn2)cc1.[Ir].[c-]1cc2c(cc1-c1nc3ccccc3n1-c1ccccc1)oc1ccccc12. The van der Waals surface area contributed by atoms with Crippen LogP contribution in [0.25, 0.3) is 61.3 Å².